The average Bonchev–Trinajstić information content (AvgIpc) is 1.63. The Morgan fingerprint density at radius 1 is 0.731 bits per heavy atom. The lowest BCUT2D eigenvalue weighted by Gasteiger charge is -2.18. The molecule has 6 aromatic carbocycles. The maximum Gasteiger partial charge on any atom is 0.357 e. The largest absolute Gasteiger partial charge is 0.478 e. The fraction of sp³-hybridized carbons (Fsp3) is 0.253. The molecule has 0 saturated carbocycles. The first-order chi connectivity index (χ1) is 50.3. The van der Waals surface area contributed by atoms with Crippen LogP contribution >= 0.6 is 11.3 Å². The number of ether oxygens (including phenoxy) is 4. The van der Waals surface area contributed by atoms with E-state index in [0.29, 0.717) is 103 Å². The molecule has 4 N–H and O–H groups in total. The predicted molar refractivity (Wildman–Crippen MR) is 395 cm³/mol. The molecule has 2 aliphatic heterocycles. The van der Waals surface area contributed by atoms with E-state index in [-0.39, 0.29) is 35.3 Å². The molecule has 104 heavy (non-hydrogen) atoms. The second kappa shape index (κ2) is 33.6. The van der Waals surface area contributed by atoms with Crippen LogP contribution in [0.1, 0.15) is 149 Å². The number of aromatic amines is 1. The summed E-state index contributed by atoms with van der Waals surface area (Å²) in [6, 6.07) is 48.8. The van der Waals surface area contributed by atoms with Crippen LogP contribution in [-0.4, -0.2) is 114 Å². The first kappa shape index (κ1) is 73.1. The van der Waals surface area contributed by atoms with Crippen LogP contribution in [-0.2, 0) is 63.5 Å². The van der Waals surface area contributed by atoms with Gasteiger partial charge in [-0.3, -0.25) is 9.36 Å². The third kappa shape index (κ3) is 17.6. The molecule has 0 spiro atoms. The molecule has 0 saturated heterocycles. The van der Waals surface area contributed by atoms with E-state index in [1.807, 2.05) is 162 Å². The minimum Gasteiger partial charge on any atom is -0.478 e. The molecule has 7 heterocycles. The van der Waals surface area contributed by atoms with E-state index in [2.05, 4.69) is 63.9 Å². The van der Waals surface area contributed by atoms with E-state index >= 15 is 0 Å². The van der Waals surface area contributed by atoms with Crippen LogP contribution in [0.3, 0.4) is 0 Å². The Morgan fingerprint density at radius 2 is 1.38 bits per heavy atom. The topological polar surface area (TPSA) is 311 Å². The molecule has 25 heteroatoms. The molecular weight excluding hydrogens is 1340 g/mol. The molecule has 5 aromatic heterocycles. The number of H-pyrrole nitrogens is 1. The van der Waals surface area contributed by atoms with E-state index in [0.717, 1.165) is 92.1 Å². The number of nitrogens with one attached hydrogen (secondary N) is 1. The molecule has 0 radical (unpaired) electrons. The molecule has 0 amide bonds. The summed E-state index contributed by atoms with van der Waals surface area (Å²) in [7, 11) is 0. The third-order valence-corrected chi connectivity index (χ3v) is 17.9. The Hall–Kier alpha value is -12.1. The number of tetrazole rings is 1. The lowest BCUT2D eigenvalue weighted by molar-refractivity contribution is -0.132. The van der Waals surface area contributed by atoms with Crippen molar-refractivity contribution in [3.8, 4) is 39.7 Å². The number of aliphatic carboxylic acids is 1. The van der Waals surface area contributed by atoms with Crippen LogP contribution in [0.5, 0.6) is 6.01 Å². The second-order valence-corrected chi connectivity index (χ2v) is 26.0. The maximum atomic E-state index is 13.5. The number of aryl methyl sites for hydroxylation is 2. The van der Waals surface area contributed by atoms with Gasteiger partial charge >= 0.3 is 17.9 Å². The number of aliphatic hydroxyl groups is 1. The molecule has 13 rings (SSSR count). The number of unbranched alkanes of at least 4 members (excludes halogenated alkanes) is 1. The molecule has 532 valence electrons. The molecule has 0 atom stereocenters. The van der Waals surface area contributed by atoms with E-state index in [1.54, 1.807) is 69.5 Å². The predicted octanol–water partition coefficient (Wildman–Crippen LogP) is 15.1. The van der Waals surface area contributed by atoms with Crippen molar-refractivity contribution < 1.29 is 53.4 Å². The van der Waals surface area contributed by atoms with Crippen molar-refractivity contribution >= 4 is 58.0 Å². The number of amidine groups is 1. The number of hydrogen-bond donors (Lipinski definition) is 4. The van der Waals surface area contributed by atoms with E-state index < -0.39 is 23.5 Å². The number of ketones is 1. The molecule has 0 aliphatic carbocycles. The smallest absolute Gasteiger partial charge is 0.357 e. The number of carboxylic acid groups (broad SMARTS) is 2. The number of thiophene rings is 1. The van der Waals surface area contributed by atoms with Crippen molar-refractivity contribution in [1.82, 2.24) is 49.3 Å². The fourth-order valence-corrected chi connectivity index (χ4v) is 12.7. The normalized spacial score (nSPS) is 12.7. The molecule has 2 aliphatic rings. The number of rotatable bonds is 27. The summed E-state index contributed by atoms with van der Waals surface area (Å²) < 4.78 is 27.8. The number of carbonyl (C=O) groups excluding carboxylic acids is 2. The lowest BCUT2D eigenvalue weighted by Crippen LogP contribution is -2.24. The Bertz CT molecular complexity index is 5020. The number of benzene rings is 6. The maximum absolute atomic E-state index is 13.5. The lowest BCUT2D eigenvalue weighted by atomic mass is 9.98. The van der Waals surface area contributed by atoms with Crippen molar-refractivity contribution in [2.45, 2.75) is 112 Å². The Morgan fingerprint density at radius 3 is 1.95 bits per heavy atom. The van der Waals surface area contributed by atoms with Gasteiger partial charge in [-0.05, 0) is 128 Å². The van der Waals surface area contributed by atoms with Gasteiger partial charge in [0.25, 0.3) is 12.0 Å². The first-order valence-electron chi connectivity index (χ1n) is 34.0. The summed E-state index contributed by atoms with van der Waals surface area (Å²) in [5, 5.41) is 54.8. The third-order valence-electron chi connectivity index (χ3n) is 17.1. The number of carbonyl (C=O) groups is 4. The number of imidazole rings is 3. The number of Topliss-reactive ketones (excluding diaryl/α,β-unsaturated/α-hetero) is 1. The van der Waals surface area contributed by atoms with Gasteiger partial charge in [0.2, 0.25) is 5.82 Å². The summed E-state index contributed by atoms with van der Waals surface area (Å²) in [4.78, 5) is 67.9. The molecule has 11 aromatic rings. The van der Waals surface area contributed by atoms with Gasteiger partial charge in [-0.2, -0.15) is 15.3 Å². The van der Waals surface area contributed by atoms with Crippen LogP contribution in [0.15, 0.2) is 208 Å². The van der Waals surface area contributed by atoms with Crippen molar-refractivity contribution in [3.05, 3.63) is 260 Å². The quantitative estimate of drug-likeness (QED) is 0.0211. The van der Waals surface area contributed by atoms with Crippen LogP contribution in [0.4, 0.5) is 0 Å². The van der Waals surface area contributed by atoms with Gasteiger partial charge in [0.15, 0.2) is 36.3 Å². The highest BCUT2D eigenvalue weighted by Gasteiger charge is 2.34. The van der Waals surface area contributed by atoms with Crippen molar-refractivity contribution in [2.75, 3.05) is 19.9 Å². The van der Waals surface area contributed by atoms with Gasteiger partial charge < -0.3 is 43.4 Å². The Kier molecular flexibility index (Phi) is 23.6. The summed E-state index contributed by atoms with van der Waals surface area (Å²) in [6.45, 7) is 18.2. The highest BCUT2D eigenvalue weighted by Crippen LogP contribution is 2.34. The van der Waals surface area contributed by atoms with Gasteiger partial charge in [0.1, 0.15) is 28.7 Å². The van der Waals surface area contributed by atoms with Crippen LogP contribution in [0, 0.1) is 0 Å². The number of aliphatic imine (C=N–C) groups is 1. The summed E-state index contributed by atoms with van der Waals surface area (Å²) in [6.07, 6.45) is 8.22. The number of hydrogen-bond acceptors (Lipinski definition) is 19. The highest BCUT2D eigenvalue weighted by atomic mass is 32.1. The molecule has 0 unspecified atom stereocenters. The van der Waals surface area contributed by atoms with Crippen molar-refractivity contribution in [1.29, 1.82) is 0 Å². The van der Waals surface area contributed by atoms with Crippen molar-refractivity contribution in [2.24, 2.45) is 15.2 Å². The van der Waals surface area contributed by atoms with Crippen LogP contribution in [0.25, 0.3) is 50.8 Å². The van der Waals surface area contributed by atoms with Crippen LogP contribution in [0.2, 0.25) is 0 Å². The highest BCUT2D eigenvalue weighted by molar-refractivity contribution is 7.09. The molecule has 0 fully saturated rings. The molecular formula is C79H79N13O11S. The number of aromatic carboxylic acids is 1. The van der Waals surface area contributed by atoms with Gasteiger partial charge in [-0.1, -0.05) is 154 Å². The minimum atomic E-state index is -1.37. The van der Waals surface area contributed by atoms with Crippen LogP contribution < -0.4 is 4.74 Å². The summed E-state index contributed by atoms with van der Waals surface area (Å²) in [5.41, 5.74) is 11.0. The SMILES string of the molecule is C=C1OC(C)=C(COC(=O)c2c(C(C)(C)O)nc(CCC)n2Cc2ccc(-c3ccccc3C3=NCN=N3)cc2)O1.CCCCc1ncc(/C=C(\Cc2cccs2)C(=O)O)n1Cc1ccc(C(C)=O)cc1.CCOc1nc2cccc(C(=O)O)c2n1Cc1ccc(-c2ccccc2-c2nn[nH]n2)cc1. The molecule has 24 nitrogen and oxygen atoms in total. The zero-order valence-electron chi connectivity index (χ0n) is 58.7. The number of para-hydroxylation sites is 1. The van der Waals surface area contributed by atoms with Gasteiger partial charge in [0.05, 0.1) is 41.6 Å². The standard InChI is InChI=1S/C31H33N5O5.C24H20N6O3.C24H26N2O3S/c1-6-9-26-34-28(31(4,5)38)27(30(37)39-17-25-19(2)40-20(3)41-25)36(26)16-21-12-14-22(15-13-21)23-10-7-8-11-24(23)29-32-18-33-35-29;1-2-33-24-25-20-9-5-8-19(23(31)32)21(20)30(24)14-15-10-12-16(13-11-15)17-6-3-4-7-18(17)22-26-28-29-27-22;1-3-4-7-23-25-15-21(13-20(24(28)29)14-22-6-5-12-30-22)26(23)16-18-8-10-19(11-9-18)17(2)27/h7-8,10-15,38H,3,6,9,16-18H2,1-2,4-5H3;3-13H,2,14H2,1H3,(H,31,32)(H,26,27,28,29);5-6,8-13,15H,3-4,7,14,16H2,1-2H3,(H,28,29)/b;;20-13+. The number of azo groups is 1. The first-order valence-corrected chi connectivity index (χ1v) is 34.9. The van der Waals surface area contributed by atoms with E-state index in [9.17, 15) is 34.5 Å². The number of carboxylic acids is 2. The number of aromatic nitrogens is 10. The van der Waals surface area contributed by atoms with E-state index in [1.165, 1.54) is 0 Å². The molecule has 0 bridgehead atoms. The monoisotopic (exact) mass is 1420 g/mol. The average molecular weight is 1420 g/mol. The zero-order chi connectivity index (χ0) is 73.4. The second-order valence-electron chi connectivity index (χ2n) is 25.0. The zero-order valence-corrected chi connectivity index (χ0v) is 59.6. The number of fused-ring (bicyclic) bond motifs is 1. The summed E-state index contributed by atoms with van der Waals surface area (Å²) >= 11 is 1.55. The summed E-state index contributed by atoms with van der Waals surface area (Å²) in [5.74, 6) is 1.28. The Balaban J connectivity index is 0.000000158. The van der Waals surface area contributed by atoms with Gasteiger partial charge in [-0.25, -0.2) is 29.3 Å². The van der Waals surface area contributed by atoms with E-state index in [4.69, 9.17) is 23.9 Å². The minimum absolute atomic E-state index is 0.0381. The number of nitrogens with zero attached hydrogens (tertiary/aromatic N) is 12. The van der Waals surface area contributed by atoms with Crippen molar-refractivity contribution in [3.63, 3.8) is 0 Å². The van der Waals surface area contributed by atoms with Gasteiger partial charge in [0, 0.05) is 59.5 Å². The fourth-order valence-electron chi connectivity index (χ4n) is 11.9. The number of allylic oxidation sites excluding steroid dienone is 1. The number of esters is 1. The van der Waals surface area contributed by atoms with Gasteiger partial charge in [-0.15, -0.1) is 26.6 Å². The Labute approximate surface area is 604 Å².